The zero-order valence-corrected chi connectivity index (χ0v) is 13.7. The molecule has 0 spiro atoms. The Morgan fingerprint density at radius 3 is 2.27 bits per heavy atom. The molecule has 4 bridgehead atoms. The highest BCUT2D eigenvalue weighted by Gasteiger charge is 2.55. The van der Waals surface area contributed by atoms with E-state index in [1.54, 1.807) is 0 Å². The van der Waals surface area contributed by atoms with Gasteiger partial charge in [0.1, 0.15) is 0 Å². The Bertz CT molecular complexity index is 452. The first-order chi connectivity index (χ1) is 10.6. The molecule has 1 saturated heterocycles. The van der Waals surface area contributed by atoms with Crippen LogP contribution in [0.3, 0.4) is 0 Å². The van der Waals surface area contributed by atoms with E-state index in [1.807, 2.05) is 16.8 Å². The largest absolute Gasteiger partial charge is 0.344 e. The molecule has 0 aromatic carbocycles. The van der Waals surface area contributed by atoms with E-state index in [9.17, 15) is 9.59 Å². The normalized spacial score (nSPS) is 39.6. The number of hydrogen-bond acceptors (Lipinski definition) is 2. The van der Waals surface area contributed by atoms with Crippen LogP contribution in [-0.2, 0) is 9.59 Å². The fourth-order valence-corrected chi connectivity index (χ4v) is 6.09. The lowest BCUT2D eigenvalue weighted by atomic mass is 9.49. The van der Waals surface area contributed by atoms with Crippen molar-refractivity contribution in [2.75, 3.05) is 26.7 Å². The van der Waals surface area contributed by atoms with Gasteiger partial charge in [-0.15, -0.1) is 0 Å². The van der Waals surface area contributed by atoms with Gasteiger partial charge in [-0.3, -0.25) is 9.59 Å². The zero-order chi connectivity index (χ0) is 15.3. The molecule has 122 valence electrons. The predicted octanol–water partition coefficient (Wildman–Crippen LogP) is 2.28. The van der Waals surface area contributed by atoms with Crippen LogP contribution < -0.4 is 0 Å². The van der Waals surface area contributed by atoms with Gasteiger partial charge in [-0.25, -0.2) is 0 Å². The smallest absolute Gasteiger partial charge is 0.228 e. The van der Waals surface area contributed by atoms with Crippen molar-refractivity contribution >= 4 is 11.8 Å². The molecule has 5 rings (SSSR count). The summed E-state index contributed by atoms with van der Waals surface area (Å²) in [5.74, 6) is 3.06. The molecule has 1 aliphatic heterocycles. The third kappa shape index (κ3) is 2.35. The molecule has 4 heteroatoms. The third-order valence-electron chi connectivity index (χ3n) is 6.72. The minimum atomic E-state index is -0.0431. The lowest BCUT2D eigenvalue weighted by molar-refractivity contribution is -0.156. The number of amides is 2. The summed E-state index contributed by atoms with van der Waals surface area (Å²) < 4.78 is 0. The molecular weight excluding hydrogens is 276 g/mol. The van der Waals surface area contributed by atoms with Crippen molar-refractivity contribution in [2.45, 2.75) is 51.4 Å². The van der Waals surface area contributed by atoms with Crippen molar-refractivity contribution in [1.29, 1.82) is 0 Å². The number of likely N-dealkylation sites (tertiary alicyclic amines) is 1. The number of carbonyl (C=O) groups is 2. The molecule has 0 N–H and O–H groups in total. The topological polar surface area (TPSA) is 40.6 Å². The van der Waals surface area contributed by atoms with E-state index >= 15 is 0 Å². The second-order valence-electron chi connectivity index (χ2n) is 8.41. The Morgan fingerprint density at radius 2 is 1.77 bits per heavy atom. The minimum absolute atomic E-state index is 0.0431. The molecule has 1 heterocycles. The molecule has 0 aromatic rings. The minimum Gasteiger partial charge on any atom is -0.344 e. The van der Waals surface area contributed by atoms with E-state index in [4.69, 9.17) is 0 Å². The molecule has 5 aliphatic rings. The van der Waals surface area contributed by atoms with Crippen molar-refractivity contribution < 1.29 is 9.59 Å². The monoisotopic (exact) mass is 304 g/mol. The first-order valence-electron chi connectivity index (χ1n) is 9.09. The maximum Gasteiger partial charge on any atom is 0.228 e. The highest BCUT2D eigenvalue weighted by Crippen LogP contribution is 2.60. The summed E-state index contributed by atoms with van der Waals surface area (Å²) in [7, 11) is 1.95. The molecular formula is C18H28N2O2. The summed E-state index contributed by atoms with van der Waals surface area (Å²) in [5.41, 5.74) is -0.0431. The maximum absolute atomic E-state index is 13.1. The quantitative estimate of drug-likeness (QED) is 0.799. The van der Waals surface area contributed by atoms with Crippen molar-refractivity contribution in [2.24, 2.45) is 23.2 Å². The van der Waals surface area contributed by atoms with Crippen molar-refractivity contribution in [3.8, 4) is 0 Å². The maximum atomic E-state index is 13.1. The third-order valence-corrected chi connectivity index (χ3v) is 6.72. The van der Waals surface area contributed by atoms with E-state index in [-0.39, 0.29) is 11.3 Å². The van der Waals surface area contributed by atoms with Gasteiger partial charge in [-0.05, 0) is 62.7 Å². The van der Waals surface area contributed by atoms with Gasteiger partial charge in [0.25, 0.3) is 0 Å². The van der Waals surface area contributed by atoms with E-state index < -0.39 is 0 Å². The second kappa shape index (κ2) is 5.24. The molecule has 0 radical (unpaired) electrons. The van der Waals surface area contributed by atoms with Crippen LogP contribution in [0.2, 0.25) is 0 Å². The van der Waals surface area contributed by atoms with Gasteiger partial charge in [0.05, 0.1) is 5.41 Å². The average molecular weight is 304 g/mol. The van der Waals surface area contributed by atoms with Crippen LogP contribution >= 0.6 is 0 Å². The van der Waals surface area contributed by atoms with E-state index in [2.05, 4.69) is 0 Å². The van der Waals surface area contributed by atoms with Gasteiger partial charge in [-0.2, -0.15) is 0 Å². The van der Waals surface area contributed by atoms with Gasteiger partial charge >= 0.3 is 0 Å². The van der Waals surface area contributed by atoms with Crippen LogP contribution in [0.15, 0.2) is 0 Å². The van der Waals surface area contributed by atoms with Crippen molar-refractivity contribution in [3.63, 3.8) is 0 Å². The zero-order valence-electron chi connectivity index (χ0n) is 13.7. The summed E-state index contributed by atoms with van der Waals surface area (Å²) in [4.78, 5) is 28.7. The Balaban J connectivity index is 1.39. The van der Waals surface area contributed by atoms with E-state index in [0.29, 0.717) is 25.4 Å². The molecule has 0 atom stereocenters. The van der Waals surface area contributed by atoms with Gasteiger partial charge in [0, 0.05) is 33.1 Å². The van der Waals surface area contributed by atoms with Crippen molar-refractivity contribution in [3.05, 3.63) is 0 Å². The molecule has 0 unspecified atom stereocenters. The lowest BCUT2D eigenvalue weighted by Crippen LogP contribution is -2.54. The molecule has 4 nitrogen and oxygen atoms in total. The molecule has 4 saturated carbocycles. The van der Waals surface area contributed by atoms with E-state index in [1.165, 1.54) is 19.3 Å². The number of carbonyl (C=O) groups excluding carboxylic acids is 2. The van der Waals surface area contributed by atoms with Gasteiger partial charge < -0.3 is 9.80 Å². The standard InChI is InChI=1S/C18H28N2O2/c1-19(5-6-20-4-2-3-16(20)21)17(22)18-10-13-7-14(11-18)9-15(8-13)12-18/h13-15H,2-12H2,1H3. The van der Waals surface area contributed by atoms with Crippen LogP contribution in [-0.4, -0.2) is 48.3 Å². The molecule has 5 fully saturated rings. The van der Waals surface area contributed by atoms with Gasteiger partial charge in [0.2, 0.25) is 11.8 Å². The summed E-state index contributed by atoms with van der Waals surface area (Å²) in [6.07, 6.45) is 9.17. The molecule has 4 aliphatic carbocycles. The van der Waals surface area contributed by atoms with Crippen LogP contribution in [0.4, 0.5) is 0 Å². The molecule has 2 amide bonds. The number of nitrogens with zero attached hydrogens (tertiary/aromatic N) is 2. The Labute approximate surface area is 133 Å². The molecule has 22 heavy (non-hydrogen) atoms. The van der Waals surface area contributed by atoms with Gasteiger partial charge in [0.15, 0.2) is 0 Å². The average Bonchev–Trinajstić information content (AvgIpc) is 2.88. The Kier molecular flexibility index (Phi) is 3.46. The summed E-state index contributed by atoms with van der Waals surface area (Å²) >= 11 is 0. The second-order valence-corrected chi connectivity index (χ2v) is 8.41. The number of likely N-dealkylation sites (N-methyl/N-ethyl adjacent to an activating group) is 1. The van der Waals surface area contributed by atoms with Crippen LogP contribution in [0.25, 0.3) is 0 Å². The van der Waals surface area contributed by atoms with Crippen LogP contribution in [0, 0.1) is 23.2 Å². The summed E-state index contributed by atoms with van der Waals surface area (Å²) in [5, 5.41) is 0. The Morgan fingerprint density at radius 1 is 1.18 bits per heavy atom. The first-order valence-corrected chi connectivity index (χ1v) is 9.09. The van der Waals surface area contributed by atoms with E-state index in [0.717, 1.165) is 50.0 Å². The highest BCUT2D eigenvalue weighted by atomic mass is 16.2. The summed E-state index contributed by atoms with van der Waals surface area (Å²) in [6.45, 7) is 2.29. The van der Waals surface area contributed by atoms with Crippen LogP contribution in [0.1, 0.15) is 51.4 Å². The fraction of sp³-hybridized carbons (Fsp3) is 0.889. The fourth-order valence-electron chi connectivity index (χ4n) is 6.09. The summed E-state index contributed by atoms with van der Waals surface area (Å²) in [6, 6.07) is 0. The first kappa shape index (κ1) is 14.5. The number of hydrogen-bond donors (Lipinski definition) is 0. The lowest BCUT2D eigenvalue weighted by Gasteiger charge is -2.56. The van der Waals surface area contributed by atoms with Gasteiger partial charge in [-0.1, -0.05) is 0 Å². The predicted molar refractivity (Wildman–Crippen MR) is 84.1 cm³/mol. The molecule has 0 aromatic heterocycles. The number of rotatable bonds is 4. The van der Waals surface area contributed by atoms with Crippen molar-refractivity contribution in [1.82, 2.24) is 9.80 Å². The SMILES string of the molecule is CN(CCN1CCCC1=O)C(=O)C12CC3CC(CC(C3)C1)C2. The van der Waals surface area contributed by atoms with Crippen LogP contribution in [0.5, 0.6) is 0 Å². The highest BCUT2D eigenvalue weighted by molar-refractivity contribution is 5.83. The Hall–Kier alpha value is -1.06.